The minimum Gasteiger partial charge on any atom is -0.396 e. The topological polar surface area (TPSA) is 79.3 Å². The fraction of sp³-hybridized carbons (Fsp3) is 0.667. The molecule has 0 fully saturated rings. The van der Waals surface area contributed by atoms with Gasteiger partial charge in [0, 0.05) is 32.9 Å². The van der Waals surface area contributed by atoms with Gasteiger partial charge in [-0.1, -0.05) is 0 Å². The zero-order valence-electron chi connectivity index (χ0n) is 11.2. The van der Waals surface area contributed by atoms with Crippen LogP contribution in [-0.2, 0) is 11.3 Å². The first-order chi connectivity index (χ1) is 8.69. The third kappa shape index (κ3) is 4.85. The zero-order chi connectivity index (χ0) is 13.4. The molecule has 0 spiro atoms. The summed E-state index contributed by atoms with van der Waals surface area (Å²) in [5, 5.41) is 15.1. The second-order valence-corrected chi connectivity index (χ2v) is 4.15. The smallest absolute Gasteiger partial charge is 0.158 e. The Morgan fingerprint density at radius 2 is 2.11 bits per heavy atom. The Hall–Kier alpha value is -1.40. The maximum atomic E-state index is 8.80. The van der Waals surface area contributed by atoms with Crippen molar-refractivity contribution in [2.75, 3.05) is 31.4 Å². The van der Waals surface area contributed by atoms with Gasteiger partial charge in [-0.25, -0.2) is 9.97 Å². The SMILES string of the molecule is CNc1cc(NC(C)CCCO)nc(COC)n1. The summed E-state index contributed by atoms with van der Waals surface area (Å²) in [5.41, 5.74) is 0. The standard InChI is InChI=1S/C12H22N4O2/c1-9(5-4-6-17)14-11-7-10(13-2)15-12(16-11)8-18-3/h7,9,17H,4-6,8H2,1-3H3,(H2,13,14,15,16). The lowest BCUT2D eigenvalue weighted by Crippen LogP contribution is -2.17. The average Bonchev–Trinajstić information content (AvgIpc) is 2.36. The third-order valence-electron chi connectivity index (χ3n) is 2.49. The lowest BCUT2D eigenvalue weighted by molar-refractivity contribution is 0.178. The van der Waals surface area contributed by atoms with Gasteiger partial charge in [-0.3, -0.25) is 0 Å². The molecule has 1 atom stereocenters. The second-order valence-electron chi connectivity index (χ2n) is 4.15. The van der Waals surface area contributed by atoms with E-state index in [2.05, 4.69) is 27.5 Å². The van der Waals surface area contributed by atoms with Crippen molar-refractivity contribution in [3.05, 3.63) is 11.9 Å². The van der Waals surface area contributed by atoms with E-state index in [0.29, 0.717) is 12.4 Å². The van der Waals surface area contributed by atoms with Crippen molar-refractivity contribution < 1.29 is 9.84 Å². The van der Waals surface area contributed by atoms with Crippen LogP contribution in [0.4, 0.5) is 11.6 Å². The lowest BCUT2D eigenvalue weighted by atomic mass is 10.2. The summed E-state index contributed by atoms with van der Waals surface area (Å²) >= 11 is 0. The van der Waals surface area contributed by atoms with Crippen LogP contribution in [0.25, 0.3) is 0 Å². The molecule has 1 heterocycles. The van der Waals surface area contributed by atoms with E-state index in [4.69, 9.17) is 9.84 Å². The van der Waals surface area contributed by atoms with Crippen LogP contribution in [0.3, 0.4) is 0 Å². The summed E-state index contributed by atoms with van der Waals surface area (Å²) in [6.45, 7) is 2.66. The first-order valence-corrected chi connectivity index (χ1v) is 6.11. The quantitative estimate of drug-likeness (QED) is 0.647. The number of aliphatic hydroxyl groups is 1. The molecular weight excluding hydrogens is 232 g/mol. The number of hydrogen-bond donors (Lipinski definition) is 3. The van der Waals surface area contributed by atoms with Gasteiger partial charge < -0.3 is 20.5 Å². The van der Waals surface area contributed by atoms with Crippen molar-refractivity contribution in [3.8, 4) is 0 Å². The molecule has 0 aliphatic carbocycles. The largest absolute Gasteiger partial charge is 0.396 e. The van der Waals surface area contributed by atoms with Gasteiger partial charge in [0.15, 0.2) is 5.82 Å². The third-order valence-corrected chi connectivity index (χ3v) is 2.49. The highest BCUT2D eigenvalue weighted by molar-refractivity contribution is 5.47. The van der Waals surface area contributed by atoms with Crippen LogP contribution >= 0.6 is 0 Å². The number of nitrogens with one attached hydrogen (secondary N) is 2. The van der Waals surface area contributed by atoms with E-state index in [1.54, 1.807) is 7.11 Å². The van der Waals surface area contributed by atoms with Gasteiger partial charge in [0.2, 0.25) is 0 Å². The molecule has 0 aliphatic heterocycles. The summed E-state index contributed by atoms with van der Waals surface area (Å²) in [5.74, 6) is 2.17. The van der Waals surface area contributed by atoms with Crippen LogP contribution in [-0.4, -0.2) is 41.9 Å². The van der Waals surface area contributed by atoms with Gasteiger partial charge in [-0.15, -0.1) is 0 Å². The maximum Gasteiger partial charge on any atom is 0.158 e. The number of aromatic nitrogens is 2. The first-order valence-electron chi connectivity index (χ1n) is 6.11. The van der Waals surface area contributed by atoms with E-state index in [1.165, 1.54) is 0 Å². The number of hydrogen-bond acceptors (Lipinski definition) is 6. The van der Waals surface area contributed by atoms with Crippen molar-refractivity contribution in [2.24, 2.45) is 0 Å². The highest BCUT2D eigenvalue weighted by Crippen LogP contribution is 2.13. The van der Waals surface area contributed by atoms with E-state index in [9.17, 15) is 0 Å². The molecule has 1 unspecified atom stereocenters. The normalized spacial score (nSPS) is 12.2. The van der Waals surface area contributed by atoms with Crippen LogP contribution in [0, 0.1) is 0 Å². The number of ether oxygens (including phenoxy) is 1. The van der Waals surface area contributed by atoms with Gasteiger partial charge in [0.25, 0.3) is 0 Å². The van der Waals surface area contributed by atoms with Crippen LogP contribution in [0.1, 0.15) is 25.6 Å². The van der Waals surface area contributed by atoms with Crippen LogP contribution in [0.15, 0.2) is 6.07 Å². The number of methoxy groups -OCH3 is 1. The lowest BCUT2D eigenvalue weighted by Gasteiger charge is -2.15. The predicted octanol–water partition coefficient (Wildman–Crippen LogP) is 1.24. The molecule has 6 nitrogen and oxygen atoms in total. The van der Waals surface area contributed by atoms with Gasteiger partial charge >= 0.3 is 0 Å². The Labute approximate surface area is 108 Å². The number of aliphatic hydroxyl groups excluding tert-OH is 1. The molecular formula is C12H22N4O2. The van der Waals surface area contributed by atoms with E-state index < -0.39 is 0 Å². The monoisotopic (exact) mass is 254 g/mol. The fourth-order valence-corrected chi connectivity index (χ4v) is 1.61. The maximum absolute atomic E-state index is 8.80. The van der Waals surface area contributed by atoms with Gasteiger partial charge in [0.05, 0.1) is 0 Å². The molecule has 0 saturated carbocycles. The van der Waals surface area contributed by atoms with E-state index in [0.717, 1.165) is 24.5 Å². The minimum atomic E-state index is 0.215. The Kier molecular flexibility index (Phi) is 6.38. The molecule has 3 N–H and O–H groups in total. The molecule has 0 bridgehead atoms. The van der Waals surface area contributed by atoms with Gasteiger partial charge in [-0.05, 0) is 19.8 Å². The molecule has 102 valence electrons. The van der Waals surface area contributed by atoms with Crippen LogP contribution in [0.2, 0.25) is 0 Å². The molecule has 1 rings (SSSR count). The van der Waals surface area contributed by atoms with Gasteiger partial charge in [-0.2, -0.15) is 0 Å². The zero-order valence-corrected chi connectivity index (χ0v) is 11.2. The molecule has 1 aromatic heterocycles. The predicted molar refractivity (Wildman–Crippen MR) is 71.7 cm³/mol. The molecule has 0 saturated heterocycles. The molecule has 18 heavy (non-hydrogen) atoms. The highest BCUT2D eigenvalue weighted by atomic mass is 16.5. The van der Waals surface area contributed by atoms with E-state index in [1.807, 2.05) is 13.1 Å². The Morgan fingerprint density at radius 3 is 2.72 bits per heavy atom. The second kappa shape index (κ2) is 7.84. The molecule has 0 aromatic carbocycles. The molecule has 6 heteroatoms. The van der Waals surface area contributed by atoms with Crippen molar-refractivity contribution >= 4 is 11.6 Å². The van der Waals surface area contributed by atoms with E-state index in [-0.39, 0.29) is 12.6 Å². The summed E-state index contributed by atoms with van der Waals surface area (Å²) in [6.07, 6.45) is 1.68. The van der Waals surface area contributed by atoms with Crippen molar-refractivity contribution in [1.82, 2.24) is 9.97 Å². The first kappa shape index (κ1) is 14.7. The van der Waals surface area contributed by atoms with Crippen LogP contribution in [0.5, 0.6) is 0 Å². The summed E-state index contributed by atoms with van der Waals surface area (Å²) in [4.78, 5) is 8.65. The molecule has 0 radical (unpaired) electrons. The number of nitrogens with zero attached hydrogens (tertiary/aromatic N) is 2. The molecule has 1 aromatic rings. The van der Waals surface area contributed by atoms with E-state index >= 15 is 0 Å². The Balaban J connectivity index is 2.71. The summed E-state index contributed by atoms with van der Waals surface area (Å²) in [6, 6.07) is 2.11. The summed E-state index contributed by atoms with van der Waals surface area (Å²) < 4.78 is 5.04. The van der Waals surface area contributed by atoms with Crippen LogP contribution < -0.4 is 10.6 Å². The highest BCUT2D eigenvalue weighted by Gasteiger charge is 2.07. The van der Waals surface area contributed by atoms with Crippen molar-refractivity contribution in [3.63, 3.8) is 0 Å². The minimum absolute atomic E-state index is 0.215. The van der Waals surface area contributed by atoms with Crippen molar-refractivity contribution in [2.45, 2.75) is 32.4 Å². The van der Waals surface area contributed by atoms with Crippen molar-refractivity contribution in [1.29, 1.82) is 0 Å². The van der Waals surface area contributed by atoms with Gasteiger partial charge in [0.1, 0.15) is 18.2 Å². The Bertz CT molecular complexity index is 360. The average molecular weight is 254 g/mol. The summed E-state index contributed by atoms with van der Waals surface area (Å²) in [7, 11) is 3.43. The number of anilines is 2. The molecule has 0 amide bonds. The number of rotatable bonds is 8. The molecule has 0 aliphatic rings. The Morgan fingerprint density at radius 1 is 1.39 bits per heavy atom. The fourth-order valence-electron chi connectivity index (χ4n) is 1.61.